The van der Waals surface area contributed by atoms with Gasteiger partial charge in [0.1, 0.15) is 5.60 Å². The zero-order valence-electron chi connectivity index (χ0n) is 13.2. The molecule has 3 rings (SSSR count). The lowest BCUT2D eigenvalue weighted by Gasteiger charge is -2.39. The van der Waals surface area contributed by atoms with Crippen LogP contribution in [0.25, 0.3) is 0 Å². The van der Waals surface area contributed by atoms with Gasteiger partial charge in [-0.05, 0) is 18.9 Å². The zero-order chi connectivity index (χ0) is 16.3. The number of Topliss-reactive ketones (excluding diaryl/α,β-unsaturated/α-hetero) is 2. The fourth-order valence-electron chi connectivity index (χ4n) is 3.77. The van der Waals surface area contributed by atoms with Gasteiger partial charge in [-0.25, -0.2) is 0 Å². The van der Waals surface area contributed by atoms with Gasteiger partial charge in [0.05, 0.1) is 5.41 Å². The third-order valence-corrected chi connectivity index (χ3v) is 5.05. The molecule has 2 aliphatic carbocycles. The number of allylic oxidation sites excluding steroid dienone is 2. The fraction of sp³-hybridized carbons (Fsp3) is 0.400. The molecular formula is C20H22O3. The van der Waals surface area contributed by atoms with Crippen molar-refractivity contribution in [1.82, 2.24) is 0 Å². The highest BCUT2D eigenvalue weighted by Crippen LogP contribution is 2.44. The van der Waals surface area contributed by atoms with E-state index in [2.05, 4.69) is 0 Å². The minimum atomic E-state index is -1.56. The number of carbonyl (C=O) groups is 2. The van der Waals surface area contributed by atoms with Crippen LogP contribution in [-0.4, -0.2) is 22.3 Å². The van der Waals surface area contributed by atoms with Crippen LogP contribution in [0.4, 0.5) is 0 Å². The fourth-order valence-corrected chi connectivity index (χ4v) is 3.77. The van der Waals surface area contributed by atoms with Crippen LogP contribution in [-0.2, 0) is 4.79 Å². The van der Waals surface area contributed by atoms with E-state index in [9.17, 15) is 14.7 Å². The van der Waals surface area contributed by atoms with E-state index in [4.69, 9.17) is 0 Å². The number of ketones is 2. The molecule has 120 valence electrons. The van der Waals surface area contributed by atoms with Gasteiger partial charge in [0, 0.05) is 12.0 Å². The Morgan fingerprint density at radius 3 is 2.26 bits per heavy atom. The third-order valence-electron chi connectivity index (χ3n) is 5.05. The molecule has 1 fully saturated rings. The molecule has 1 unspecified atom stereocenters. The second-order valence-electron chi connectivity index (χ2n) is 6.58. The second kappa shape index (κ2) is 6.25. The van der Waals surface area contributed by atoms with Crippen molar-refractivity contribution in [1.29, 1.82) is 0 Å². The molecule has 1 aromatic rings. The Morgan fingerprint density at radius 1 is 0.957 bits per heavy atom. The maximum absolute atomic E-state index is 13.3. The molecule has 0 aromatic heterocycles. The van der Waals surface area contributed by atoms with Crippen LogP contribution in [0, 0.1) is 5.41 Å². The summed E-state index contributed by atoms with van der Waals surface area (Å²) in [5, 5.41) is 10.8. The van der Waals surface area contributed by atoms with E-state index in [1.54, 1.807) is 24.3 Å². The Kier molecular flexibility index (Phi) is 4.31. The molecule has 1 N–H and O–H groups in total. The number of carbonyl (C=O) groups excluding carboxylic acids is 2. The first kappa shape index (κ1) is 15.9. The lowest BCUT2D eigenvalue weighted by atomic mass is 9.62. The van der Waals surface area contributed by atoms with Crippen molar-refractivity contribution in [3.05, 3.63) is 60.2 Å². The Bertz CT molecular complexity index is 651. The van der Waals surface area contributed by atoms with Gasteiger partial charge in [-0.2, -0.15) is 0 Å². The molecule has 23 heavy (non-hydrogen) atoms. The summed E-state index contributed by atoms with van der Waals surface area (Å²) in [6.07, 6.45) is 10.8. The number of rotatable bonds is 4. The van der Waals surface area contributed by atoms with Gasteiger partial charge in [0.2, 0.25) is 0 Å². The van der Waals surface area contributed by atoms with Crippen molar-refractivity contribution in [2.24, 2.45) is 5.41 Å². The number of benzene rings is 1. The first-order chi connectivity index (χ1) is 11.1. The average Bonchev–Trinajstić information content (AvgIpc) is 2.62. The van der Waals surface area contributed by atoms with Crippen molar-refractivity contribution in [3.8, 4) is 0 Å². The Morgan fingerprint density at radius 2 is 1.65 bits per heavy atom. The molecule has 1 aromatic carbocycles. The van der Waals surface area contributed by atoms with Crippen LogP contribution in [0.5, 0.6) is 0 Å². The lowest BCUT2D eigenvalue weighted by molar-refractivity contribution is -0.142. The molecule has 0 aliphatic heterocycles. The molecule has 3 nitrogen and oxygen atoms in total. The van der Waals surface area contributed by atoms with Crippen LogP contribution in [0.2, 0.25) is 0 Å². The highest BCUT2D eigenvalue weighted by atomic mass is 16.3. The topological polar surface area (TPSA) is 54.4 Å². The van der Waals surface area contributed by atoms with Gasteiger partial charge in [0.25, 0.3) is 0 Å². The zero-order valence-corrected chi connectivity index (χ0v) is 13.2. The molecule has 0 heterocycles. The van der Waals surface area contributed by atoms with Crippen molar-refractivity contribution in [3.63, 3.8) is 0 Å². The van der Waals surface area contributed by atoms with Crippen LogP contribution in [0.3, 0.4) is 0 Å². The summed E-state index contributed by atoms with van der Waals surface area (Å²) in [5.41, 5.74) is -2.10. The van der Waals surface area contributed by atoms with Gasteiger partial charge < -0.3 is 5.11 Å². The molecule has 3 heteroatoms. The van der Waals surface area contributed by atoms with Crippen molar-refractivity contribution in [2.75, 3.05) is 0 Å². The first-order valence-electron chi connectivity index (χ1n) is 8.30. The normalized spacial score (nSPS) is 26.0. The molecular weight excluding hydrogens is 288 g/mol. The smallest absolute Gasteiger partial charge is 0.182 e. The van der Waals surface area contributed by atoms with E-state index in [1.807, 2.05) is 24.3 Å². The Balaban J connectivity index is 2.00. The van der Waals surface area contributed by atoms with E-state index >= 15 is 0 Å². The summed E-state index contributed by atoms with van der Waals surface area (Å²) < 4.78 is 0. The third kappa shape index (κ3) is 2.81. The molecule has 0 radical (unpaired) electrons. The predicted octanol–water partition coefficient (Wildman–Crippen LogP) is 3.64. The molecule has 0 bridgehead atoms. The van der Waals surface area contributed by atoms with E-state index in [0.29, 0.717) is 18.4 Å². The Labute approximate surface area is 136 Å². The summed E-state index contributed by atoms with van der Waals surface area (Å²) >= 11 is 0. The highest BCUT2D eigenvalue weighted by molar-refractivity contribution is 6.17. The molecule has 2 aliphatic rings. The molecule has 1 saturated carbocycles. The Hall–Kier alpha value is -2.00. The second-order valence-corrected chi connectivity index (χ2v) is 6.58. The molecule has 1 atom stereocenters. The SMILES string of the molecule is O=C(c1ccccc1)C1(C(=O)C2(O)C=CC=CC2)CCCCC1. The molecule has 0 saturated heterocycles. The van der Waals surface area contributed by atoms with Crippen LogP contribution < -0.4 is 0 Å². The largest absolute Gasteiger partial charge is 0.378 e. The van der Waals surface area contributed by atoms with Crippen LogP contribution in [0.1, 0.15) is 48.9 Å². The van der Waals surface area contributed by atoms with E-state index < -0.39 is 11.0 Å². The number of hydrogen-bond acceptors (Lipinski definition) is 3. The summed E-state index contributed by atoms with van der Waals surface area (Å²) in [6, 6.07) is 8.99. The van der Waals surface area contributed by atoms with E-state index in [1.165, 1.54) is 6.08 Å². The van der Waals surface area contributed by atoms with Gasteiger partial charge in [-0.15, -0.1) is 0 Å². The highest BCUT2D eigenvalue weighted by Gasteiger charge is 2.53. The summed E-state index contributed by atoms with van der Waals surface area (Å²) in [4.78, 5) is 26.4. The predicted molar refractivity (Wildman–Crippen MR) is 89.1 cm³/mol. The van der Waals surface area contributed by atoms with Gasteiger partial charge in [0.15, 0.2) is 11.6 Å². The van der Waals surface area contributed by atoms with E-state index in [-0.39, 0.29) is 18.0 Å². The maximum atomic E-state index is 13.3. The standard InChI is InChI=1S/C20H22O3/c21-17(16-10-4-1-5-11-16)19(12-6-2-7-13-19)18(22)20(23)14-8-3-9-15-20/h1,3-5,8-11,14,23H,2,6-7,12-13,15H2. The molecule has 0 amide bonds. The maximum Gasteiger partial charge on any atom is 0.182 e. The first-order valence-corrected chi connectivity index (χ1v) is 8.30. The van der Waals surface area contributed by atoms with Gasteiger partial charge >= 0.3 is 0 Å². The van der Waals surface area contributed by atoms with E-state index in [0.717, 1.165) is 19.3 Å². The van der Waals surface area contributed by atoms with Crippen molar-refractivity contribution < 1.29 is 14.7 Å². The number of aliphatic hydroxyl groups is 1. The minimum Gasteiger partial charge on any atom is -0.378 e. The van der Waals surface area contributed by atoms with Crippen molar-refractivity contribution >= 4 is 11.6 Å². The monoisotopic (exact) mass is 310 g/mol. The van der Waals surface area contributed by atoms with Gasteiger partial charge in [-0.1, -0.05) is 67.8 Å². The summed E-state index contributed by atoms with van der Waals surface area (Å²) in [5.74, 6) is -0.474. The van der Waals surface area contributed by atoms with Crippen LogP contribution >= 0.6 is 0 Å². The summed E-state index contributed by atoms with van der Waals surface area (Å²) in [6.45, 7) is 0. The lowest BCUT2D eigenvalue weighted by Crippen LogP contribution is -2.52. The quantitative estimate of drug-likeness (QED) is 0.682. The van der Waals surface area contributed by atoms with Crippen LogP contribution in [0.15, 0.2) is 54.6 Å². The van der Waals surface area contributed by atoms with Crippen molar-refractivity contribution in [2.45, 2.75) is 44.1 Å². The number of hydrogen-bond donors (Lipinski definition) is 1. The minimum absolute atomic E-state index is 0.140. The van der Waals surface area contributed by atoms with Gasteiger partial charge in [-0.3, -0.25) is 9.59 Å². The average molecular weight is 310 g/mol. The summed E-state index contributed by atoms with van der Waals surface area (Å²) in [7, 11) is 0. The molecule has 0 spiro atoms.